The largest absolute Gasteiger partial charge is 0.472 e. The minimum absolute atomic E-state index is 0.0539. The standard InChI is InChI=1S/C44H75O8P/c1-4-7-9-11-13-15-17-19-20-21-22-23-24-26-28-30-32-34-36-38-44(46)52-42(41-51-53(47,48)50-39-6-3)40-49-43(45)37-35-33-31-29-27-25-18-16-14-12-10-8-5-2/h7,9,13,15,19-20,22-23,26,28,32,34,42H,4-6,8,10-12,14,16-18,21,24-25,27,29-31,33,35-41H2,1-3H3,(H,47,48)/b9-7-,15-13-,20-19-,23-22-,28-26-,34-32-. The molecule has 0 spiro atoms. The molecule has 0 aliphatic carbocycles. The number of allylic oxidation sites excluding steroid dienone is 12. The Kier molecular flexibility index (Phi) is 37.3. The number of hydrogen-bond acceptors (Lipinski definition) is 7. The molecule has 0 radical (unpaired) electrons. The van der Waals surface area contributed by atoms with E-state index in [9.17, 15) is 19.0 Å². The van der Waals surface area contributed by atoms with Gasteiger partial charge >= 0.3 is 19.8 Å². The van der Waals surface area contributed by atoms with Gasteiger partial charge in [0.1, 0.15) is 6.61 Å². The maximum absolute atomic E-state index is 12.5. The summed E-state index contributed by atoms with van der Waals surface area (Å²) in [6, 6.07) is 0. The third-order valence-electron chi connectivity index (χ3n) is 8.21. The fourth-order valence-corrected chi connectivity index (χ4v) is 6.01. The van der Waals surface area contributed by atoms with E-state index < -0.39 is 26.5 Å². The Balaban J connectivity index is 4.33. The molecule has 53 heavy (non-hydrogen) atoms. The topological polar surface area (TPSA) is 108 Å². The molecule has 0 aromatic heterocycles. The molecule has 9 heteroatoms. The highest BCUT2D eigenvalue weighted by atomic mass is 31.2. The predicted octanol–water partition coefficient (Wildman–Crippen LogP) is 12.9. The van der Waals surface area contributed by atoms with Gasteiger partial charge in [0.15, 0.2) is 6.10 Å². The van der Waals surface area contributed by atoms with Crippen molar-refractivity contribution in [1.29, 1.82) is 0 Å². The molecule has 2 atom stereocenters. The molecule has 304 valence electrons. The van der Waals surface area contributed by atoms with Gasteiger partial charge < -0.3 is 14.4 Å². The Hall–Kier alpha value is -2.51. The molecular formula is C44H75O8P. The summed E-state index contributed by atoms with van der Waals surface area (Å²) >= 11 is 0. The zero-order chi connectivity index (χ0) is 38.9. The van der Waals surface area contributed by atoms with Crippen LogP contribution in [0.2, 0.25) is 0 Å². The highest BCUT2D eigenvalue weighted by Gasteiger charge is 2.25. The van der Waals surface area contributed by atoms with E-state index in [0.29, 0.717) is 12.8 Å². The Morgan fingerprint density at radius 2 is 0.981 bits per heavy atom. The predicted molar refractivity (Wildman–Crippen MR) is 221 cm³/mol. The van der Waals surface area contributed by atoms with Gasteiger partial charge in [-0.05, 0) is 57.8 Å². The second-order valence-corrected chi connectivity index (χ2v) is 14.8. The third-order valence-corrected chi connectivity index (χ3v) is 9.19. The summed E-state index contributed by atoms with van der Waals surface area (Å²) < 4.78 is 32.9. The van der Waals surface area contributed by atoms with Crippen LogP contribution >= 0.6 is 7.82 Å². The highest BCUT2D eigenvalue weighted by Crippen LogP contribution is 2.43. The maximum Gasteiger partial charge on any atom is 0.472 e. The van der Waals surface area contributed by atoms with E-state index in [-0.39, 0.29) is 32.0 Å². The van der Waals surface area contributed by atoms with E-state index in [0.717, 1.165) is 57.8 Å². The van der Waals surface area contributed by atoms with E-state index in [1.54, 1.807) is 6.92 Å². The van der Waals surface area contributed by atoms with Gasteiger partial charge in [0.05, 0.1) is 13.2 Å². The lowest BCUT2D eigenvalue weighted by Crippen LogP contribution is -2.29. The number of ether oxygens (including phenoxy) is 2. The summed E-state index contributed by atoms with van der Waals surface area (Å²) in [4.78, 5) is 34.8. The van der Waals surface area contributed by atoms with Crippen LogP contribution in [0, 0.1) is 0 Å². The lowest BCUT2D eigenvalue weighted by Gasteiger charge is -2.19. The lowest BCUT2D eigenvalue weighted by molar-refractivity contribution is -0.161. The molecule has 8 nitrogen and oxygen atoms in total. The minimum Gasteiger partial charge on any atom is -0.462 e. The smallest absolute Gasteiger partial charge is 0.462 e. The molecule has 0 amide bonds. The summed E-state index contributed by atoms with van der Waals surface area (Å²) in [6.07, 6.45) is 47.4. The van der Waals surface area contributed by atoms with Crippen LogP contribution in [0.5, 0.6) is 0 Å². The van der Waals surface area contributed by atoms with Gasteiger partial charge in [0.2, 0.25) is 0 Å². The van der Waals surface area contributed by atoms with Crippen molar-refractivity contribution < 1.29 is 37.6 Å². The maximum atomic E-state index is 12.5. The molecule has 0 saturated carbocycles. The van der Waals surface area contributed by atoms with Gasteiger partial charge in [-0.2, -0.15) is 0 Å². The first-order valence-electron chi connectivity index (χ1n) is 20.7. The Morgan fingerprint density at radius 3 is 1.45 bits per heavy atom. The van der Waals surface area contributed by atoms with Crippen molar-refractivity contribution in [2.75, 3.05) is 19.8 Å². The normalized spacial score (nSPS) is 14.1. The highest BCUT2D eigenvalue weighted by molar-refractivity contribution is 7.47. The van der Waals surface area contributed by atoms with Crippen molar-refractivity contribution in [1.82, 2.24) is 0 Å². The van der Waals surface area contributed by atoms with Crippen molar-refractivity contribution in [3.8, 4) is 0 Å². The van der Waals surface area contributed by atoms with E-state index in [2.05, 4.69) is 74.6 Å². The molecule has 0 fully saturated rings. The fraction of sp³-hybridized carbons (Fsp3) is 0.682. The first-order chi connectivity index (χ1) is 25.8. The van der Waals surface area contributed by atoms with Crippen LogP contribution in [0.15, 0.2) is 72.9 Å². The SMILES string of the molecule is CC/C=C\C/C=C\C/C=C\C/C=C\C/C=C\C/C=C\CCC(=O)OC(COC(=O)CCCCCCCCCCCCCCC)COP(=O)(O)OCCC. The van der Waals surface area contributed by atoms with E-state index in [4.69, 9.17) is 18.5 Å². The molecular weight excluding hydrogens is 687 g/mol. The molecule has 0 aromatic carbocycles. The average Bonchev–Trinajstić information content (AvgIpc) is 3.14. The van der Waals surface area contributed by atoms with Gasteiger partial charge in [-0.1, -0.05) is 171 Å². The average molecular weight is 763 g/mol. The third kappa shape index (κ3) is 39.0. The number of phosphoric acid groups is 1. The number of phosphoric ester groups is 1. The number of unbranched alkanes of at least 4 members (excludes halogenated alkanes) is 12. The van der Waals surface area contributed by atoms with Crippen molar-refractivity contribution in [3.63, 3.8) is 0 Å². The van der Waals surface area contributed by atoms with Crippen LogP contribution < -0.4 is 0 Å². The molecule has 0 rings (SSSR count). The van der Waals surface area contributed by atoms with Gasteiger partial charge in [-0.3, -0.25) is 18.6 Å². The summed E-state index contributed by atoms with van der Waals surface area (Å²) in [5.41, 5.74) is 0. The molecule has 0 saturated heterocycles. The van der Waals surface area contributed by atoms with Crippen molar-refractivity contribution in [2.24, 2.45) is 0 Å². The van der Waals surface area contributed by atoms with Crippen molar-refractivity contribution in [3.05, 3.63) is 72.9 Å². The number of esters is 2. The molecule has 0 bridgehead atoms. The zero-order valence-corrected chi connectivity index (χ0v) is 34.5. The Morgan fingerprint density at radius 1 is 0.528 bits per heavy atom. The first-order valence-corrected chi connectivity index (χ1v) is 22.2. The fourth-order valence-electron chi connectivity index (χ4n) is 5.17. The Bertz CT molecular complexity index is 1090. The van der Waals surface area contributed by atoms with Crippen LogP contribution in [0.25, 0.3) is 0 Å². The first kappa shape index (κ1) is 50.5. The van der Waals surface area contributed by atoms with E-state index in [1.165, 1.54) is 64.2 Å². The van der Waals surface area contributed by atoms with Crippen LogP contribution in [0.1, 0.15) is 168 Å². The zero-order valence-electron chi connectivity index (χ0n) is 33.6. The van der Waals surface area contributed by atoms with Crippen LogP contribution in [-0.4, -0.2) is 42.8 Å². The molecule has 0 aromatic rings. The number of carbonyl (C=O) groups excluding carboxylic acids is 2. The van der Waals surface area contributed by atoms with Gasteiger partial charge in [-0.15, -0.1) is 0 Å². The van der Waals surface area contributed by atoms with Crippen molar-refractivity contribution in [2.45, 2.75) is 175 Å². The second kappa shape index (κ2) is 39.2. The molecule has 0 heterocycles. The minimum atomic E-state index is -4.32. The van der Waals surface area contributed by atoms with Gasteiger partial charge in [-0.25, -0.2) is 4.57 Å². The van der Waals surface area contributed by atoms with E-state index in [1.807, 2.05) is 12.2 Å². The summed E-state index contributed by atoms with van der Waals surface area (Å²) in [5.74, 6) is -0.894. The molecule has 0 aliphatic heterocycles. The summed E-state index contributed by atoms with van der Waals surface area (Å²) in [5, 5.41) is 0. The van der Waals surface area contributed by atoms with Crippen LogP contribution in [0.3, 0.4) is 0 Å². The summed E-state index contributed by atoms with van der Waals surface area (Å²) in [6.45, 7) is 5.57. The van der Waals surface area contributed by atoms with Crippen molar-refractivity contribution >= 4 is 19.8 Å². The lowest BCUT2D eigenvalue weighted by atomic mass is 10.0. The molecule has 2 unspecified atom stereocenters. The molecule has 0 aliphatic rings. The monoisotopic (exact) mass is 763 g/mol. The van der Waals surface area contributed by atoms with Gasteiger partial charge in [0, 0.05) is 12.8 Å². The number of rotatable bonds is 37. The summed E-state index contributed by atoms with van der Waals surface area (Å²) in [7, 11) is -4.32. The Labute approximate surface area is 323 Å². The number of hydrogen-bond donors (Lipinski definition) is 1. The van der Waals surface area contributed by atoms with Crippen LogP contribution in [-0.2, 0) is 32.7 Å². The number of carbonyl (C=O) groups is 2. The molecule has 1 N–H and O–H groups in total. The van der Waals surface area contributed by atoms with E-state index >= 15 is 0 Å². The van der Waals surface area contributed by atoms with Gasteiger partial charge in [0.25, 0.3) is 0 Å². The quantitative estimate of drug-likeness (QED) is 0.0288. The second-order valence-electron chi connectivity index (χ2n) is 13.3. The van der Waals surface area contributed by atoms with Crippen LogP contribution in [0.4, 0.5) is 0 Å².